The van der Waals surface area contributed by atoms with E-state index in [0.29, 0.717) is 5.57 Å². The zero-order valence-corrected chi connectivity index (χ0v) is 12.7. The molecule has 1 aliphatic heterocycles. The van der Waals surface area contributed by atoms with Gasteiger partial charge in [0.25, 0.3) is 0 Å². The lowest BCUT2D eigenvalue weighted by atomic mass is 9.81. The molecule has 0 amide bonds. The molecule has 20 heavy (non-hydrogen) atoms. The number of benzene rings is 1. The zero-order chi connectivity index (χ0) is 15.1. The molecule has 0 aliphatic carbocycles. The third-order valence-corrected chi connectivity index (χ3v) is 4.28. The SMILES string of the molecule is Cc1cccc(C(C)C2=C(O)C(C)C(C)(C)OC2=O)c1. The maximum atomic E-state index is 12.2. The van der Waals surface area contributed by atoms with Crippen molar-refractivity contribution in [3.05, 3.63) is 46.7 Å². The summed E-state index contributed by atoms with van der Waals surface area (Å²) < 4.78 is 5.49. The summed E-state index contributed by atoms with van der Waals surface area (Å²) in [6.45, 7) is 9.45. The normalized spacial score (nSPS) is 23.4. The second-order valence-corrected chi connectivity index (χ2v) is 6.15. The van der Waals surface area contributed by atoms with E-state index in [1.54, 1.807) is 0 Å². The van der Waals surface area contributed by atoms with Crippen LogP contribution in [0.1, 0.15) is 44.7 Å². The molecule has 0 aromatic heterocycles. The smallest absolute Gasteiger partial charge is 0.338 e. The minimum Gasteiger partial charge on any atom is -0.511 e. The second kappa shape index (κ2) is 4.97. The topological polar surface area (TPSA) is 46.5 Å². The number of esters is 1. The molecule has 2 unspecified atom stereocenters. The van der Waals surface area contributed by atoms with Crippen LogP contribution in [-0.4, -0.2) is 16.7 Å². The summed E-state index contributed by atoms with van der Waals surface area (Å²) in [5.41, 5.74) is 1.85. The lowest BCUT2D eigenvalue weighted by Crippen LogP contribution is -2.42. The van der Waals surface area contributed by atoms with Crippen LogP contribution < -0.4 is 0 Å². The fraction of sp³-hybridized carbons (Fsp3) is 0.471. The van der Waals surface area contributed by atoms with E-state index < -0.39 is 11.6 Å². The number of carbonyl (C=O) groups is 1. The number of rotatable bonds is 2. The van der Waals surface area contributed by atoms with Gasteiger partial charge in [0.1, 0.15) is 11.4 Å². The number of hydrogen-bond acceptors (Lipinski definition) is 3. The number of aryl methyl sites for hydroxylation is 1. The van der Waals surface area contributed by atoms with Crippen molar-refractivity contribution in [2.24, 2.45) is 5.92 Å². The van der Waals surface area contributed by atoms with Crippen molar-refractivity contribution in [3.8, 4) is 0 Å². The van der Waals surface area contributed by atoms with Crippen LogP contribution in [0.2, 0.25) is 0 Å². The van der Waals surface area contributed by atoms with Crippen LogP contribution in [0.5, 0.6) is 0 Å². The van der Waals surface area contributed by atoms with Crippen molar-refractivity contribution in [1.82, 2.24) is 0 Å². The molecule has 0 spiro atoms. The predicted octanol–water partition coefficient (Wildman–Crippen LogP) is 3.88. The fourth-order valence-corrected chi connectivity index (χ4v) is 2.55. The summed E-state index contributed by atoms with van der Waals surface area (Å²) in [7, 11) is 0. The van der Waals surface area contributed by atoms with E-state index >= 15 is 0 Å². The van der Waals surface area contributed by atoms with Crippen molar-refractivity contribution in [3.63, 3.8) is 0 Å². The molecule has 0 saturated heterocycles. The third kappa shape index (κ3) is 2.45. The van der Waals surface area contributed by atoms with Gasteiger partial charge in [-0.15, -0.1) is 0 Å². The minimum atomic E-state index is -0.670. The number of aliphatic hydroxyl groups is 1. The minimum absolute atomic E-state index is 0.153. The standard InChI is InChI=1S/C17H22O3/c1-10-7-6-8-13(9-10)11(2)14-15(18)12(3)17(4,5)20-16(14)19/h6-9,11-12,18H,1-5H3. The molecule has 3 heteroatoms. The van der Waals surface area contributed by atoms with Gasteiger partial charge in [0.2, 0.25) is 0 Å². The Morgan fingerprint density at radius 1 is 1.35 bits per heavy atom. The monoisotopic (exact) mass is 274 g/mol. The van der Waals surface area contributed by atoms with Crippen LogP contribution in [-0.2, 0) is 9.53 Å². The molecule has 1 aromatic carbocycles. The summed E-state index contributed by atoms with van der Waals surface area (Å²) >= 11 is 0. The third-order valence-electron chi connectivity index (χ3n) is 4.28. The van der Waals surface area contributed by atoms with E-state index in [4.69, 9.17) is 4.74 Å². The van der Waals surface area contributed by atoms with Crippen LogP contribution in [0.15, 0.2) is 35.6 Å². The zero-order valence-electron chi connectivity index (χ0n) is 12.7. The molecular weight excluding hydrogens is 252 g/mol. The van der Waals surface area contributed by atoms with Crippen LogP contribution in [0.4, 0.5) is 0 Å². The van der Waals surface area contributed by atoms with E-state index in [9.17, 15) is 9.90 Å². The summed E-state index contributed by atoms with van der Waals surface area (Å²) in [5, 5.41) is 10.4. The molecule has 2 rings (SSSR count). The van der Waals surface area contributed by atoms with Gasteiger partial charge in [-0.1, -0.05) is 43.7 Å². The molecule has 0 saturated carbocycles. The number of hydrogen-bond donors (Lipinski definition) is 1. The van der Waals surface area contributed by atoms with E-state index in [1.807, 2.05) is 58.9 Å². The van der Waals surface area contributed by atoms with Crippen molar-refractivity contribution < 1.29 is 14.6 Å². The first-order chi connectivity index (χ1) is 9.24. The number of ether oxygens (including phenoxy) is 1. The van der Waals surface area contributed by atoms with E-state index in [1.165, 1.54) is 0 Å². The van der Waals surface area contributed by atoms with Crippen molar-refractivity contribution in [1.29, 1.82) is 0 Å². The molecule has 1 heterocycles. The Balaban J connectivity index is 2.45. The molecule has 1 N–H and O–H groups in total. The van der Waals surface area contributed by atoms with Crippen molar-refractivity contribution in [2.75, 3.05) is 0 Å². The Kier molecular flexibility index (Phi) is 3.63. The molecule has 108 valence electrons. The molecule has 3 nitrogen and oxygen atoms in total. The highest BCUT2D eigenvalue weighted by molar-refractivity contribution is 5.92. The Bertz CT molecular complexity index is 569. The van der Waals surface area contributed by atoms with E-state index in [2.05, 4.69) is 0 Å². The van der Waals surface area contributed by atoms with Gasteiger partial charge in [-0.05, 0) is 26.3 Å². The quantitative estimate of drug-likeness (QED) is 0.832. The maximum Gasteiger partial charge on any atom is 0.338 e. The number of aliphatic hydroxyl groups excluding tert-OH is 1. The fourth-order valence-electron chi connectivity index (χ4n) is 2.55. The van der Waals surface area contributed by atoms with Gasteiger partial charge in [-0.3, -0.25) is 0 Å². The molecular formula is C17H22O3. The Hall–Kier alpha value is -1.77. The van der Waals surface area contributed by atoms with Gasteiger partial charge in [-0.2, -0.15) is 0 Å². The van der Waals surface area contributed by atoms with Crippen LogP contribution in [0, 0.1) is 12.8 Å². The first-order valence-corrected chi connectivity index (χ1v) is 6.97. The van der Waals surface area contributed by atoms with Gasteiger partial charge in [0.15, 0.2) is 0 Å². The highest BCUT2D eigenvalue weighted by atomic mass is 16.6. The Morgan fingerprint density at radius 2 is 2.00 bits per heavy atom. The molecule has 1 aromatic rings. The summed E-state index contributed by atoms with van der Waals surface area (Å²) in [6, 6.07) is 7.97. The van der Waals surface area contributed by atoms with Gasteiger partial charge in [-0.25, -0.2) is 4.79 Å². The predicted molar refractivity (Wildman–Crippen MR) is 78.6 cm³/mol. The average molecular weight is 274 g/mol. The Labute approximate surface area is 120 Å². The van der Waals surface area contributed by atoms with Gasteiger partial charge in [0, 0.05) is 5.92 Å². The molecule has 0 radical (unpaired) electrons. The Morgan fingerprint density at radius 3 is 2.60 bits per heavy atom. The average Bonchev–Trinajstić information content (AvgIpc) is 2.35. The summed E-state index contributed by atoms with van der Waals surface area (Å²) in [5.74, 6) is -0.650. The van der Waals surface area contributed by atoms with Gasteiger partial charge >= 0.3 is 5.97 Å². The van der Waals surface area contributed by atoms with E-state index in [-0.39, 0.29) is 17.6 Å². The highest BCUT2D eigenvalue weighted by Gasteiger charge is 2.42. The first kappa shape index (κ1) is 14.6. The maximum absolute atomic E-state index is 12.2. The highest BCUT2D eigenvalue weighted by Crippen LogP contribution is 2.39. The van der Waals surface area contributed by atoms with Crippen LogP contribution >= 0.6 is 0 Å². The van der Waals surface area contributed by atoms with Crippen LogP contribution in [0.3, 0.4) is 0 Å². The number of cyclic esters (lactones) is 1. The van der Waals surface area contributed by atoms with Crippen LogP contribution in [0.25, 0.3) is 0 Å². The largest absolute Gasteiger partial charge is 0.511 e. The van der Waals surface area contributed by atoms with Gasteiger partial charge < -0.3 is 9.84 Å². The van der Waals surface area contributed by atoms with Crippen molar-refractivity contribution in [2.45, 2.75) is 46.1 Å². The lowest BCUT2D eigenvalue weighted by molar-refractivity contribution is -0.160. The molecule has 2 atom stereocenters. The second-order valence-electron chi connectivity index (χ2n) is 6.15. The molecule has 1 aliphatic rings. The summed E-state index contributed by atoms with van der Waals surface area (Å²) in [4.78, 5) is 12.2. The lowest BCUT2D eigenvalue weighted by Gasteiger charge is -2.37. The van der Waals surface area contributed by atoms with Gasteiger partial charge in [0.05, 0.1) is 11.5 Å². The molecule has 0 bridgehead atoms. The summed E-state index contributed by atoms with van der Waals surface area (Å²) in [6.07, 6.45) is 0. The number of carbonyl (C=O) groups excluding carboxylic acids is 1. The molecule has 0 fully saturated rings. The van der Waals surface area contributed by atoms with Crippen molar-refractivity contribution >= 4 is 5.97 Å². The first-order valence-electron chi connectivity index (χ1n) is 6.97. The van der Waals surface area contributed by atoms with E-state index in [0.717, 1.165) is 11.1 Å².